The van der Waals surface area contributed by atoms with Gasteiger partial charge >= 0.3 is 0 Å². The summed E-state index contributed by atoms with van der Waals surface area (Å²) in [6, 6.07) is 10.3. The highest BCUT2D eigenvalue weighted by molar-refractivity contribution is 6.31. The van der Waals surface area contributed by atoms with Gasteiger partial charge in [0, 0.05) is 29.9 Å². The number of likely N-dealkylation sites (N-methyl/N-ethyl adjacent to an activating group) is 1. The van der Waals surface area contributed by atoms with Crippen molar-refractivity contribution in [3.63, 3.8) is 0 Å². The van der Waals surface area contributed by atoms with E-state index in [4.69, 9.17) is 16.3 Å². The van der Waals surface area contributed by atoms with E-state index in [9.17, 15) is 14.0 Å². The molecule has 0 spiro atoms. The van der Waals surface area contributed by atoms with Crippen LogP contribution in [-0.2, 0) is 4.79 Å². The van der Waals surface area contributed by atoms with Crippen molar-refractivity contribution in [2.24, 2.45) is 0 Å². The molecular formula is C19H20ClFN2O3. The third-order valence-corrected chi connectivity index (χ3v) is 3.98. The number of halogens is 2. The summed E-state index contributed by atoms with van der Waals surface area (Å²) in [5, 5.41) is 2.85. The zero-order valence-electron chi connectivity index (χ0n) is 14.6. The second kappa shape index (κ2) is 9.20. The van der Waals surface area contributed by atoms with Gasteiger partial charge in [-0.3, -0.25) is 9.59 Å². The van der Waals surface area contributed by atoms with Gasteiger partial charge in [0.15, 0.2) is 6.61 Å². The van der Waals surface area contributed by atoms with Crippen LogP contribution in [0, 0.1) is 5.82 Å². The number of nitrogens with zero attached hydrogens (tertiary/aromatic N) is 1. The monoisotopic (exact) mass is 378 g/mol. The first-order valence-corrected chi connectivity index (χ1v) is 8.59. The Bertz CT molecular complexity index is 794. The minimum atomic E-state index is -0.663. The van der Waals surface area contributed by atoms with Crippen molar-refractivity contribution in [1.29, 1.82) is 0 Å². The lowest BCUT2D eigenvalue weighted by Crippen LogP contribution is -2.34. The van der Waals surface area contributed by atoms with Crippen LogP contribution in [-0.4, -0.2) is 36.4 Å². The number of amides is 2. The number of anilines is 1. The third-order valence-electron chi connectivity index (χ3n) is 3.74. The Labute approximate surface area is 156 Å². The molecule has 0 atom stereocenters. The lowest BCUT2D eigenvalue weighted by Gasteiger charge is -2.18. The van der Waals surface area contributed by atoms with Crippen LogP contribution >= 0.6 is 11.6 Å². The van der Waals surface area contributed by atoms with Gasteiger partial charge in [-0.2, -0.15) is 0 Å². The average molecular weight is 379 g/mol. The fraction of sp³-hybridized carbons (Fsp3) is 0.263. The van der Waals surface area contributed by atoms with E-state index in [-0.39, 0.29) is 23.1 Å². The molecule has 0 aliphatic heterocycles. The molecule has 0 saturated carbocycles. The lowest BCUT2D eigenvalue weighted by molar-refractivity contribution is -0.132. The van der Waals surface area contributed by atoms with Crippen molar-refractivity contribution in [2.75, 3.05) is 25.0 Å². The molecule has 0 fully saturated rings. The standard InChI is InChI=1S/C19H20ClFN2O3/c1-3-23(4-2)18(24)12-26-15-7-5-6-14(11-15)22-19(25)16-10-13(20)8-9-17(16)21/h5-11H,3-4,12H2,1-2H3,(H,22,25). The number of hydrogen-bond acceptors (Lipinski definition) is 3. The number of carbonyl (C=O) groups is 2. The van der Waals surface area contributed by atoms with Crippen LogP contribution in [0.4, 0.5) is 10.1 Å². The van der Waals surface area contributed by atoms with Gasteiger partial charge < -0.3 is 15.0 Å². The van der Waals surface area contributed by atoms with Crippen LogP contribution in [0.15, 0.2) is 42.5 Å². The van der Waals surface area contributed by atoms with Gasteiger partial charge in [-0.1, -0.05) is 17.7 Å². The Hall–Kier alpha value is -2.60. The van der Waals surface area contributed by atoms with Crippen molar-refractivity contribution < 1.29 is 18.7 Å². The van der Waals surface area contributed by atoms with E-state index in [0.29, 0.717) is 24.5 Å². The molecule has 138 valence electrons. The molecule has 0 aromatic heterocycles. The Morgan fingerprint density at radius 3 is 2.58 bits per heavy atom. The second-order valence-electron chi connectivity index (χ2n) is 5.46. The number of rotatable bonds is 7. The van der Waals surface area contributed by atoms with Gasteiger partial charge in [0.1, 0.15) is 11.6 Å². The van der Waals surface area contributed by atoms with E-state index >= 15 is 0 Å². The topological polar surface area (TPSA) is 58.6 Å². The first kappa shape index (κ1) is 19.7. The van der Waals surface area contributed by atoms with Crippen LogP contribution in [0.25, 0.3) is 0 Å². The summed E-state index contributed by atoms with van der Waals surface area (Å²) in [5.74, 6) is -0.981. The summed E-state index contributed by atoms with van der Waals surface area (Å²) < 4.78 is 19.3. The van der Waals surface area contributed by atoms with Gasteiger partial charge in [-0.15, -0.1) is 0 Å². The number of nitrogens with one attached hydrogen (secondary N) is 1. The average Bonchev–Trinajstić information content (AvgIpc) is 2.63. The highest BCUT2D eigenvalue weighted by Gasteiger charge is 2.14. The number of hydrogen-bond donors (Lipinski definition) is 1. The summed E-state index contributed by atoms with van der Waals surface area (Å²) in [7, 11) is 0. The highest BCUT2D eigenvalue weighted by Crippen LogP contribution is 2.20. The molecule has 2 aromatic carbocycles. The molecule has 0 radical (unpaired) electrons. The first-order chi connectivity index (χ1) is 12.4. The minimum absolute atomic E-state index is 0.0952. The zero-order chi connectivity index (χ0) is 19.1. The molecule has 0 aliphatic carbocycles. The van der Waals surface area contributed by atoms with Crippen molar-refractivity contribution >= 4 is 29.1 Å². The van der Waals surface area contributed by atoms with E-state index in [0.717, 1.165) is 6.07 Å². The van der Waals surface area contributed by atoms with E-state index in [1.165, 1.54) is 12.1 Å². The molecule has 0 saturated heterocycles. The molecule has 5 nitrogen and oxygen atoms in total. The Morgan fingerprint density at radius 2 is 1.88 bits per heavy atom. The van der Waals surface area contributed by atoms with Crippen molar-refractivity contribution in [3.05, 3.63) is 58.9 Å². The molecule has 26 heavy (non-hydrogen) atoms. The molecule has 0 unspecified atom stereocenters. The van der Waals surface area contributed by atoms with Crippen LogP contribution in [0.5, 0.6) is 5.75 Å². The molecule has 2 rings (SSSR count). The van der Waals surface area contributed by atoms with Crippen LogP contribution in [0.3, 0.4) is 0 Å². The molecule has 0 aliphatic rings. The summed E-state index contributed by atoms with van der Waals surface area (Å²) >= 11 is 5.81. The van der Waals surface area contributed by atoms with E-state index in [1.807, 2.05) is 13.8 Å². The van der Waals surface area contributed by atoms with Crippen molar-refractivity contribution in [3.8, 4) is 5.75 Å². The van der Waals surface area contributed by atoms with Crippen LogP contribution < -0.4 is 10.1 Å². The molecule has 2 aromatic rings. The highest BCUT2D eigenvalue weighted by atomic mass is 35.5. The fourth-order valence-electron chi connectivity index (χ4n) is 2.35. The van der Waals surface area contributed by atoms with Gasteiger partial charge in [-0.25, -0.2) is 4.39 Å². The van der Waals surface area contributed by atoms with Gasteiger partial charge in [0.2, 0.25) is 0 Å². The van der Waals surface area contributed by atoms with Gasteiger partial charge in [0.25, 0.3) is 11.8 Å². The van der Waals surface area contributed by atoms with Gasteiger partial charge in [-0.05, 0) is 44.2 Å². The molecule has 2 amide bonds. The van der Waals surface area contributed by atoms with Crippen molar-refractivity contribution in [2.45, 2.75) is 13.8 Å². The predicted octanol–water partition coefficient (Wildman–Crippen LogP) is 3.98. The van der Waals surface area contributed by atoms with Crippen LogP contribution in [0.2, 0.25) is 5.02 Å². The van der Waals surface area contributed by atoms with Gasteiger partial charge in [0.05, 0.1) is 5.56 Å². The zero-order valence-corrected chi connectivity index (χ0v) is 15.3. The third kappa shape index (κ3) is 5.20. The maximum Gasteiger partial charge on any atom is 0.260 e. The quantitative estimate of drug-likeness (QED) is 0.792. The molecular weight excluding hydrogens is 359 g/mol. The van der Waals surface area contributed by atoms with E-state index in [1.54, 1.807) is 29.2 Å². The lowest BCUT2D eigenvalue weighted by atomic mass is 10.2. The normalized spacial score (nSPS) is 10.3. The summed E-state index contributed by atoms with van der Waals surface area (Å²) in [4.78, 5) is 25.9. The number of ether oxygens (including phenoxy) is 1. The van der Waals surface area contributed by atoms with E-state index in [2.05, 4.69) is 5.32 Å². The largest absolute Gasteiger partial charge is 0.484 e. The molecule has 0 bridgehead atoms. The smallest absolute Gasteiger partial charge is 0.260 e. The molecule has 0 heterocycles. The summed E-state index contributed by atoms with van der Waals surface area (Å²) in [6.45, 7) is 4.92. The Morgan fingerprint density at radius 1 is 1.15 bits per heavy atom. The maximum atomic E-state index is 13.8. The predicted molar refractivity (Wildman–Crippen MR) is 99.2 cm³/mol. The molecule has 7 heteroatoms. The second-order valence-corrected chi connectivity index (χ2v) is 5.90. The molecule has 1 N–H and O–H groups in total. The Kier molecular flexibility index (Phi) is 6.97. The summed E-state index contributed by atoms with van der Waals surface area (Å²) in [5.41, 5.74) is 0.266. The SMILES string of the molecule is CCN(CC)C(=O)COc1cccc(NC(=O)c2cc(Cl)ccc2F)c1. The van der Waals surface area contributed by atoms with Crippen molar-refractivity contribution in [1.82, 2.24) is 4.90 Å². The maximum absolute atomic E-state index is 13.8. The summed E-state index contributed by atoms with van der Waals surface area (Å²) in [6.07, 6.45) is 0. The minimum Gasteiger partial charge on any atom is -0.484 e. The fourth-order valence-corrected chi connectivity index (χ4v) is 2.52. The number of carbonyl (C=O) groups excluding carboxylic acids is 2. The number of benzene rings is 2. The van der Waals surface area contributed by atoms with E-state index < -0.39 is 11.7 Å². The Balaban J connectivity index is 2.03. The van der Waals surface area contributed by atoms with Crippen LogP contribution in [0.1, 0.15) is 24.2 Å². The first-order valence-electron chi connectivity index (χ1n) is 8.21.